The number of nitrogens with zero attached hydrogens (tertiary/aromatic N) is 1. The van der Waals surface area contributed by atoms with E-state index in [1.54, 1.807) is 0 Å². The van der Waals surface area contributed by atoms with Gasteiger partial charge in [-0.2, -0.15) is 0 Å². The van der Waals surface area contributed by atoms with Crippen LogP contribution in [-0.4, -0.2) is 36.2 Å². The monoisotopic (exact) mass is 256 g/mol. The zero-order valence-corrected chi connectivity index (χ0v) is 11.8. The van der Waals surface area contributed by atoms with Crippen molar-refractivity contribution < 1.29 is 4.74 Å². The lowest BCUT2D eigenvalue weighted by atomic mass is 9.96. The third-order valence-corrected chi connectivity index (χ3v) is 5.25. The fourth-order valence-corrected chi connectivity index (χ4v) is 3.71. The summed E-state index contributed by atoms with van der Waals surface area (Å²) in [6.07, 6.45) is 4.72. The van der Waals surface area contributed by atoms with E-state index in [9.17, 15) is 0 Å². The maximum absolute atomic E-state index is 5.37. The van der Waals surface area contributed by atoms with Gasteiger partial charge in [-0.3, -0.25) is 4.99 Å². The van der Waals surface area contributed by atoms with Crippen molar-refractivity contribution in [3.63, 3.8) is 0 Å². The number of thioether (sulfide) groups is 1. The number of amidine groups is 1. The molecule has 17 heavy (non-hydrogen) atoms. The molecule has 0 spiro atoms. The largest absolute Gasteiger partial charge is 0.381 e. The molecule has 0 radical (unpaired) electrons. The normalized spacial score (nSPS) is 27.3. The van der Waals surface area contributed by atoms with Crippen LogP contribution < -0.4 is 5.32 Å². The Balaban J connectivity index is 1.82. The van der Waals surface area contributed by atoms with Crippen LogP contribution >= 0.6 is 11.8 Å². The Kier molecular flexibility index (Phi) is 4.74. The van der Waals surface area contributed by atoms with Crippen molar-refractivity contribution in [1.29, 1.82) is 0 Å². The van der Waals surface area contributed by atoms with Gasteiger partial charge in [-0.15, -0.1) is 0 Å². The van der Waals surface area contributed by atoms with Crippen LogP contribution in [0.3, 0.4) is 0 Å². The van der Waals surface area contributed by atoms with Crippen molar-refractivity contribution in [3.8, 4) is 0 Å². The third-order valence-electron chi connectivity index (χ3n) is 4.04. The molecule has 0 aromatic heterocycles. The fourth-order valence-electron chi connectivity index (χ4n) is 2.36. The molecular weight excluding hydrogens is 232 g/mol. The van der Waals surface area contributed by atoms with Crippen LogP contribution in [0.15, 0.2) is 4.99 Å². The third kappa shape index (κ3) is 3.38. The molecule has 0 amide bonds. The molecule has 0 aliphatic carbocycles. The second-order valence-electron chi connectivity index (χ2n) is 5.10. The highest BCUT2D eigenvalue weighted by Gasteiger charge is 2.33. The van der Waals surface area contributed by atoms with E-state index < -0.39 is 0 Å². The summed E-state index contributed by atoms with van der Waals surface area (Å²) in [5, 5.41) is 4.79. The first-order valence-corrected chi connectivity index (χ1v) is 7.80. The topological polar surface area (TPSA) is 33.6 Å². The highest BCUT2D eigenvalue weighted by atomic mass is 32.2. The molecule has 4 heteroatoms. The molecule has 0 unspecified atom stereocenters. The van der Waals surface area contributed by atoms with Crippen molar-refractivity contribution in [2.45, 2.75) is 45.1 Å². The highest BCUT2D eigenvalue weighted by molar-refractivity contribution is 8.14. The van der Waals surface area contributed by atoms with E-state index in [1.807, 2.05) is 11.8 Å². The van der Waals surface area contributed by atoms with Gasteiger partial charge in [-0.05, 0) is 31.6 Å². The minimum atomic E-state index is 0.305. The molecule has 1 N–H and O–H groups in total. The molecule has 0 aromatic rings. The van der Waals surface area contributed by atoms with Crippen molar-refractivity contribution in [2.24, 2.45) is 10.9 Å². The van der Waals surface area contributed by atoms with Gasteiger partial charge in [0.2, 0.25) is 0 Å². The van der Waals surface area contributed by atoms with Crippen LogP contribution in [0.1, 0.15) is 39.5 Å². The zero-order chi connectivity index (χ0) is 12.1. The summed E-state index contributed by atoms with van der Waals surface area (Å²) in [5.41, 5.74) is 0.305. The van der Waals surface area contributed by atoms with Crippen molar-refractivity contribution in [1.82, 2.24) is 5.32 Å². The average molecular weight is 256 g/mol. The van der Waals surface area contributed by atoms with Gasteiger partial charge < -0.3 is 10.1 Å². The smallest absolute Gasteiger partial charge is 0.157 e. The van der Waals surface area contributed by atoms with E-state index in [-0.39, 0.29) is 0 Å². The summed E-state index contributed by atoms with van der Waals surface area (Å²) in [4.78, 5) is 4.75. The van der Waals surface area contributed by atoms with E-state index in [0.717, 1.165) is 25.7 Å². The van der Waals surface area contributed by atoms with Crippen LogP contribution in [0.5, 0.6) is 0 Å². The molecule has 2 rings (SSSR count). The number of nitrogens with one attached hydrogen (secondary N) is 1. The van der Waals surface area contributed by atoms with Crippen LogP contribution in [0.4, 0.5) is 0 Å². The van der Waals surface area contributed by atoms with Crippen LogP contribution in [0.25, 0.3) is 0 Å². The maximum Gasteiger partial charge on any atom is 0.157 e. The number of rotatable bonds is 4. The molecule has 0 bridgehead atoms. The van der Waals surface area contributed by atoms with Gasteiger partial charge in [0.25, 0.3) is 0 Å². The Bertz CT molecular complexity index is 271. The second kappa shape index (κ2) is 6.10. The van der Waals surface area contributed by atoms with Gasteiger partial charge >= 0.3 is 0 Å². The van der Waals surface area contributed by atoms with Gasteiger partial charge in [0.1, 0.15) is 0 Å². The summed E-state index contributed by atoms with van der Waals surface area (Å²) in [6, 6.07) is 0. The summed E-state index contributed by atoms with van der Waals surface area (Å²) >= 11 is 1.89. The Morgan fingerprint density at radius 3 is 2.65 bits per heavy atom. The first-order valence-electron chi connectivity index (χ1n) is 6.81. The molecule has 2 fully saturated rings. The van der Waals surface area contributed by atoms with Gasteiger partial charge in [0, 0.05) is 31.1 Å². The lowest BCUT2D eigenvalue weighted by Gasteiger charge is -2.25. The Labute approximate surface area is 109 Å². The van der Waals surface area contributed by atoms with Gasteiger partial charge in [-0.1, -0.05) is 25.6 Å². The number of hydrogen-bond acceptors (Lipinski definition) is 3. The predicted octanol–water partition coefficient (Wildman–Crippen LogP) is 2.66. The fraction of sp³-hybridized carbons (Fsp3) is 0.923. The molecule has 2 aliphatic rings. The molecule has 0 aromatic carbocycles. The van der Waals surface area contributed by atoms with Crippen molar-refractivity contribution in [2.75, 3.05) is 25.5 Å². The molecular formula is C13H24N2OS. The van der Waals surface area contributed by atoms with Crippen LogP contribution in [0, 0.1) is 5.92 Å². The van der Waals surface area contributed by atoms with E-state index in [2.05, 4.69) is 19.2 Å². The zero-order valence-electron chi connectivity index (χ0n) is 11.0. The maximum atomic E-state index is 5.37. The second-order valence-corrected chi connectivity index (χ2v) is 6.07. The number of aliphatic imine (C=N–C) groups is 1. The lowest BCUT2D eigenvalue weighted by molar-refractivity contribution is 0.0689. The number of hydrogen-bond donors (Lipinski definition) is 1. The minimum Gasteiger partial charge on any atom is -0.381 e. The first-order chi connectivity index (χ1) is 8.28. The Morgan fingerprint density at radius 2 is 2.06 bits per heavy atom. The summed E-state index contributed by atoms with van der Waals surface area (Å²) in [7, 11) is 0. The lowest BCUT2D eigenvalue weighted by Crippen LogP contribution is -2.42. The Morgan fingerprint density at radius 1 is 1.35 bits per heavy atom. The van der Waals surface area contributed by atoms with E-state index >= 15 is 0 Å². The highest BCUT2D eigenvalue weighted by Crippen LogP contribution is 2.29. The van der Waals surface area contributed by atoms with Crippen LogP contribution in [-0.2, 0) is 4.74 Å². The van der Waals surface area contributed by atoms with E-state index in [1.165, 1.54) is 36.6 Å². The minimum absolute atomic E-state index is 0.305. The predicted molar refractivity (Wildman–Crippen MR) is 74.8 cm³/mol. The standard InChI is InChI=1S/C13H24N2OS/c1-3-13(4-2)10-17-12(15-13)14-9-11-5-7-16-8-6-11/h11H,3-10H2,1-2H3,(H,14,15). The van der Waals surface area contributed by atoms with E-state index in [4.69, 9.17) is 9.73 Å². The molecule has 0 saturated carbocycles. The summed E-state index contributed by atoms with van der Waals surface area (Å²) in [5.74, 6) is 1.91. The van der Waals surface area contributed by atoms with Crippen LogP contribution in [0.2, 0.25) is 0 Å². The molecule has 2 heterocycles. The molecule has 2 saturated heterocycles. The molecule has 98 valence electrons. The SMILES string of the molecule is CCC1(CC)CSC(=NCC2CCOCC2)N1. The summed E-state index contributed by atoms with van der Waals surface area (Å²) < 4.78 is 5.37. The first kappa shape index (κ1) is 13.2. The average Bonchev–Trinajstić information content (AvgIpc) is 2.82. The molecule has 0 atom stereocenters. The Hall–Kier alpha value is -0.220. The van der Waals surface area contributed by atoms with Gasteiger partial charge in [-0.25, -0.2) is 0 Å². The van der Waals surface area contributed by atoms with Crippen molar-refractivity contribution >= 4 is 16.9 Å². The van der Waals surface area contributed by atoms with Crippen molar-refractivity contribution in [3.05, 3.63) is 0 Å². The quantitative estimate of drug-likeness (QED) is 0.839. The molecule has 2 aliphatic heterocycles. The van der Waals surface area contributed by atoms with Gasteiger partial charge in [0.15, 0.2) is 5.17 Å². The van der Waals surface area contributed by atoms with Gasteiger partial charge in [0.05, 0.1) is 0 Å². The summed E-state index contributed by atoms with van der Waals surface area (Å²) in [6.45, 7) is 7.34. The molecule has 3 nitrogen and oxygen atoms in total. The number of ether oxygens (including phenoxy) is 1. The van der Waals surface area contributed by atoms with E-state index in [0.29, 0.717) is 5.54 Å².